The van der Waals surface area contributed by atoms with Crippen LogP contribution in [0.4, 0.5) is 14.5 Å². The van der Waals surface area contributed by atoms with Crippen molar-refractivity contribution in [1.29, 1.82) is 5.26 Å². The molecule has 4 heterocycles. The van der Waals surface area contributed by atoms with Crippen molar-refractivity contribution in [3.8, 4) is 28.7 Å². The Morgan fingerprint density at radius 3 is 2.54 bits per heavy atom. The van der Waals surface area contributed by atoms with E-state index in [1.54, 1.807) is 15.8 Å². The van der Waals surface area contributed by atoms with E-state index >= 15 is 4.39 Å². The van der Waals surface area contributed by atoms with Crippen LogP contribution in [-0.2, 0) is 0 Å². The van der Waals surface area contributed by atoms with Crippen LogP contribution in [0.15, 0.2) is 54.6 Å². The number of nitrogens with two attached hydrogens (primary N) is 1. The quantitative estimate of drug-likeness (QED) is 0.402. The van der Waals surface area contributed by atoms with Gasteiger partial charge in [0.05, 0.1) is 23.5 Å². The minimum Gasteiger partial charge on any atom is -0.368 e. The summed E-state index contributed by atoms with van der Waals surface area (Å²) in [5.41, 5.74) is 10.4. The maximum absolute atomic E-state index is 15.7. The van der Waals surface area contributed by atoms with Crippen molar-refractivity contribution in [2.45, 2.75) is 25.2 Å². The number of benzene rings is 2. The fourth-order valence-corrected chi connectivity index (χ4v) is 5.50. The van der Waals surface area contributed by atoms with Crippen LogP contribution in [0.5, 0.6) is 0 Å². The fraction of sp³-hybridized carbons (Fsp3) is 0.345. The van der Waals surface area contributed by atoms with Gasteiger partial charge in [-0.1, -0.05) is 30.3 Å². The Morgan fingerprint density at radius 1 is 1.00 bits per heavy atom. The van der Waals surface area contributed by atoms with Gasteiger partial charge in [-0.25, -0.2) is 23.4 Å². The van der Waals surface area contributed by atoms with Gasteiger partial charge in [-0.3, -0.25) is 9.91 Å². The first-order valence-electron chi connectivity index (χ1n) is 13.2. The lowest BCUT2D eigenvalue weighted by Gasteiger charge is -2.38. The first-order valence-corrected chi connectivity index (χ1v) is 13.2. The second-order valence-corrected chi connectivity index (χ2v) is 10.3. The predicted octanol–water partition coefficient (Wildman–Crippen LogP) is 3.88. The van der Waals surface area contributed by atoms with Crippen molar-refractivity contribution in [3.05, 3.63) is 66.0 Å². The molecule has 200 valence electrons. The van der Waals surface area contributed by atoms with Crippen LogP contribution in [0.25, 0.3) is 33.8 Å². The summed E-state index contributed by atoms with van der Waals surface area (Å²) in [4.78, 5) is 14.2. The number of hydrogen-bond donors (Lipinski definition) is 1. The van der Waals surface area contributed by atoms with E-state index in [1.165, 1.54) is 12.1 Å². The van der Waals surface area contributed by atoms with Gasteiger partial charge in [0.1, 0.15) is 17.4 Å². The monoisotopic (exact) mass is 528 g/mol. The van der Waals surface area contributed by atoms with Gasteiger partial charge in [-0.15, -0.1) is 0 Å². The Labute approximate surface area is 225 Å². The van der Waals surface area contributed by atoms with E-state index in [-0.39, 0.29) is 18.2 Å². The number of rotatable bonds is 4. The van der Waals surface area contributed by atoms with Crippen molar-refractivity contribution >= 4 is 16.9 Å². The smallest absolute Gasteiger partial charge is 0.198 e. The first kappa shape index (κ1) is 25.2. The summed E-state index contributed by atoms with van der Waals surface area (Å²) in [6.07, 6.45) is 0.577. The maximum Gasteiger partial charge on any atom is 0.198 e. The van der Waals surface area contributed by atoms with E-state index in [4.69, 9.17) is 15.7 Å². The van der Waals surface area contributed by atoms with Gasteiger partial charge in [0.15, 0.2) is 17.8 Å². The van der Waals surface area contributed by atoms with Gasteiger partial charge >= 0.3 is 0 Å². The molecule has 2 saturated heterocycles. The molecule has 1 unspecified atom stereocenters. The van der Waals surface area contributed by atoms with E-state index in [9.17, 15) is 9.65 Å². The minimum absolute atomic E-state index is 0.0316. The highest BCUT2D eigenvalue weighted by molar-refractivity contribution is 5.92. The summed E-state index contributed by atoms with van der Waals surface area (Å²) < 4.78 is 32.2. The zero-order valence-electron chi connectivity index (χ0n) is 21.8. The van der Waals surface area contributed by atoms with Crippen LogP contribution in [0.1, 0.15) is 18.4 Å². The Morgan fingerprint density at radius 2 is 1.82 bits per heavy atom. The Bertz CT molecular complexity index is 1550. The van der Waals surface area contributed by atoms with Gasteiger partial charge in [0.25, 0.3) is 0 Å². The van der Waals surface area contributed by atoms with E-state index < -0.39 is 12.1 Å². The highest BCUT2D eigenvalue weighted by Crippen LogP contribution is 2.36. The van der Waals surface area contributed by atoms with Crippen LogP contribution in [0, 0.1) is 17.1 Å². The first-order chi connectivity index (χ1) is 18.9. The molecule has 2 aromatic carbocycles. The molecule has 2 aromatic heterocycles. The van der Waals surface area contributed by atoms with Crippen molar-refractivity contribution < 1.29 is 8.78 Å². The summed E-state index contributed by atoms with van der Waals surface area (Å²) in [6.45, 7) is 2.74. The minimum atomic E-state index is -1.32. The number of aromatic nitrogens is 3. The Balaban J connectivity index is 1.63. The third-order valence-electron chi connectivity index (χ3n) is 7.54. The van der Waals surface area contributed by atoms with Crippen LogP contribution >= 0.6 is 0 Å². The average Bonchev–Trinajstić information content (AvgIpc) is 3.32. The van der Waals surface area contributed by atoms with Crippen LogP contribution in [0.2, 0.25) is 0 Å². The fourth-order valence-electron chi connectivity index (χ4n) is 5.50. The summed E-state index contributed by atoms with van der Waals surface area (Å²) in [5.74, 6) is -0.273. The zero-order valence-corrected chi connectivity index (χ0v) is 21.8. The molecule has 4 aromatic rings. The summed E-state index contributed by atoms with van der Waals surface area (Å²) in [6, 6.07) is 18.1. The number of fused-ring (bicyclic) bond motifs is 1. The standard InChI is InChI=1S/C29H30F2N8/c1-36-12-13-38(26(31)18-36)39-28(20-9-10-21(16-32)23(30)14-20)35-27-25(37-11-5-8-22(33)17-37)15-24(34-29(27)39)19-6-3-2-4-7-19/h2-4,6-7,9-10,14-15,22,26H,5,8,11-13,17-18,33H2,1H3/t22?,26-/m0/s1. The number of pyridine rings is 1. The number of piperazine rings is 1. The summed E-state index contributed by atoms with van der Waals surface area (Å²) in [7, 11) is 1.89. The largest absolute Gasteiger partial charge is 0.368 e. The van der Waals surface area contributed by atoms with Gasteiger partial charge in [0, 0.05) is 43.3 Å². The average molecular weight is 529 g/mol. The molecule has 2 aliphatic heterocycles. The molecule has 0 radical (unpaired) electrons. The third kappa shape index (κ3) is 4.68. The SMILES string of the molecule is CN1CCN(n2c(-c3ccc(C#N)c(F)c3)nc3c(N4CCCC(N)C4)cc(-c4ccccc4)nc32)[C@H](F)C1. The summed E-state index contributed by atoms with van der Waals surface area (Å²) >= 11 is 0. The molecular weight excluding hydrogens is 498 g/mol. The highest BCUT2D eigenvalue weighted by Gasteiger charge is 2.32. The number of alkyl halides is 1. The molecule has 0 saturated carbocycles. The molecule has 0 amide bonds. The number of anilines is 1. The molecular formula is C29H30F2N8. The second-order valence-electron chi connectivity index (χ2n) is 10.3. The zero-order chi connectivity index (χ0) is 27.1. The molecule has 0 spiro atoms. The third-order valence-corrected chi connectivity index (χ3v) is 7.54. The summed E-state index contributed by atoms with van der Waals surface area (Å²) in [5, 5.41) is 10.9. The number of halogens is 2. The van der Waals surface area contributed by atoms with Crippen molar-refractivity contribution in [3.63, 3.8) is 0 Å². The number of nitrogens with zero attached hydrogens (tertiary/aromatic N) is 7. The molecule has 0 aliphatic carbocycles. The van der Waals surface area contributed by atoms with Crippen LogP contribution in [-0.4, -0.2) is 71.7 Å². The molecule has 2 aliphatic rings. The number of piperidine rings is 1. The topological polar surface area (TPSA) is 90.2 Å². The molecule has 0 bridgehead atoms. The lowest BCUT2D eigenvalue weighted by molar-refractivity contribution is 0.151. The highest BCUT2D eigenvalue weighted by atomic mass is 19.1. The van der Waals surface area contributed by atoms with Crippen LogP contribution < -0.4 is 15.6 Å². The second kappa shape index (κ2) is 10.2. The molecule has 6 rings (SSSR count). The van der Waals surface area contributed by atoms with Crippen molar-refractivity contribution in [1.82, 2.24) is 19.5 Å². The van der Waals surface area contributed by atoms with E-state index in [1.807, 2.05) is 54.4 Å². The van der Waals surface area contributed by atoms with Gasteiger partial charge < -0.3 is 10.6 Å². The normalized spacial score (nSPS) is 20.4. The predicted molar refractivity (Wildman–Crippen MR) is 148 cm³/mol. The van der Waals surface area contributed by atoms with E-state index in [0.29, 0.717) is 42.2 Å². The number of likely N-dealkylation sites (N-methyl/N-ethyl adjacent to an activating group) is 1. The van der Waals surface area contributed by atoms with Crippen molar-refractivity contribution in [2.24, 2.45) is 5.73 Å². The van der Waals surface area contributed by atoms with Gasteiger partial charge in [-0.05, 0) is 44.2 Å². The molecule has 39 heavy (non-hydrogen) atoms. The molecule has 2 fully saturated rings. The molecule has 10 heteroatoms. The Kier molecular flexibility index (Phi) is 6.62. The van der Waals surface area contributed by atoms with E-state index in [2.05, 4.69) is 4.90 Å². The Hall–Kier alpha value is -4.07. The molecule has 2 atom stereocenters. The van der Waals surface area contributed by atoms with Crippen molar-refractivity contribution in [2.75, 3.05) is 49.7 Å². The van der Waals surface area contributed by atoms with Gasteiger partial charge in [-0.2, -0.15) is 5.26 Å². The lowest BCUT2D eigenvalue weighted by atomic mass is 10.0. The molecule has 2 N–H and O–H groups in total. The van der Waals surface area contributed by atoms with Gasteiger partial charge in [0.2, 0.25) is 0 Å². The number of nitriles is 1. The molecule has 8 nitrogen and oxygen atoms in total. The lowest BCUT2D eigenvalue weighted by Crippen LogP contribution is -2.55. The number of hydrogen-bond acceptors (Lipinski definition) is 7. The maximum atomic E-state index is 15.7. The van der Waals surface area contributed by atoms with Crippen LogP contribution in [0.3, 0.4) is 0 Å². The van der Waals surface area contributed by atoms with E-state index in [0.717, 1.165) is 36.3 Å². The number of imidazole rings is 1.